The molecule has 0 bridgehead atoms. The molecule has 420 valence electrons. The van der Waals surface area contributed by atoms with E-state index in [0.717, 1.165) is 88.2 Å². The first kappa shape index (κ1) is 48.9. The van der Waals surface area contributed by atoms with Crippen LogP contribution in [0.15, 0.2) is 170 Å². The predicted octanol–water partition coefficient (Wildman–Crippen LogP) is 16.9. The van der Waals surface area contributed by atoms with Crippen LogP contribution >= 0.6 is 0 Å². The van der Waals surface area contributed by atoms with Gasteiger partial charge in [0.15, 0.2) is 0 Å². The molecule has 0 N–H and O–H groups in total. The summed E-state index contributed by atoms with van der Waals surface area (Å²) in [5.74, 6) is 21.3. The molecule has 0 saturated heterocycles. The van der Waals surface area contributed by atoms with E-state index in [-0.39, 0.29) is 0 Å². The zero-order valence-electron chi connectivity index (χ0n) is 63.0. The second-order valence-electron chi connectivity index (χ2n) is 26.2. The van der Waals surface area contributed by atoms with Crippen molar-refractivity contribution in [1.29, 1.82) is 0 Å². The Kier molecular flexibility index (Phi) is 15.4. The van der Waals surface area contributed by atoms with Gasteiger partial charge >= 0.3 is 517 Å². The van der Waals surface area contributed by atoms with E-state index in [0.29, 0.717) is 22.3 Å². The van der Waals surface area contributed by atoms with E-state index in [1.165, 1.54) is 14.4 Å². The van der Waals surface area contributed by atoms with Gasteiger partial charge in [0.05, 0.1) is 0 Å². The normalized spacial score (nSPS) is 14.5. The summed E-state index contributed by atoms with van der Waals surface area (Å²) >= 11 is -6.31. The van der Waals surface area contributed by atoms with Gasteiger partial charge in [-0.15, -0.1) is 0 Å². The average molecular weight is 1270 g/mol. The molecule has 0 fully saturated rings. The van der Waals surface area contributed by atoms with Gasteiger partial charge in [-0.2, -0.15) is 0 Å². The van der Waals surface area contributed by atoms with Gasteiger partial charge in [-0.3, -0.25) is 0 Å². The Balaban J connectivity index is 0.000000197. The van der Waals surface area contributed by atoms with E-state index in [1.54, 1.807) is 6.07 Å². The Morgan fingerprint density at radius 3 is 1.07 bits per heavy atom. The van der Waals surface area contributed by atoms with Gasteiger partial charge in [-0.05, 0) is 0 Å². The van der Waals surface area contributed by atoms with Crippen LogP contribution in [0.25, 0.3) is 67.2 Å². The van der Waals surface area contributed by atoms with Gasteiger partial charge < -0.3 is 0 Å². The molecule has 6 heteroatoms. The SMILES string of the molecule is [2H]C([2H])([2H])c1cc(C)c(-c2cc(C([2H])([2H])C(C)(C)C)[c]([Ge]([CH3])([CH3])[CH3])c[n+]2C)cc1-c1ccccc1.[2H]C([2H])([2H])c1cc(C)c(-c2cc(C)[c]([Ge]([CH3])([CH3])[CH3])c[n+]2C)cc1-c1ccccc1.[2H]C([2H])([2H])c1cc(C)c(-c2cc[c]([Ge]([CH3])([CH3])[CH3])c[n+]2C)cc1-c1ccccc1. The van der Waals surface area contributed by atoms with Crippen LogP contribution in [0.1, 0.15) is 80.4 Å². The summed E-state index contributed by atoms with van der Waals surface area (Å²) in [6.07, 6.45) is 5.12. The molecule has 0 radical (unpaired) electrons. The first-order chi connectivity index (χ1) is 42.2. The van der Waals surface area contributed by atoms with Gasteiger partial charge in [-0.25, -0.2) is 0 Å². The standard InChI is InChI=1S/C28H38GeN.C24H30GeN.C23H28GeN/c1-20-15-21(2)25(17-24(20)22-13-11-10-12-14-22)27-16-23(18-28(3,4)5)26(19-30(27)9)29(6,7)8;1-17-13-18(2)22(15-21(17)20-11-9-8-10-12-20)24-14-19(3)23(16-26(24)7)25(4,5)6;1-17-14-18(2)22(15-21(17)19-10-8-7-9-11-19)23-13-12-20(16-25(23)6)24(3,4)5/h10-17,19H,18H2,1-9H3;8-16H,1-7H3;7-16H,1-6H3/q3*+1/i1D3,18D2;2*1D3. The fraction of sp³-hybridized carbons (Fsp3) is 0.320. The average Bonchev–Trinajstić information content (AvgIpc) is 0.863. The number of hydrogen-bond donors (Lipinski definition) is 0. The fourth-order valence-corrected chi connectivity index (χ4v) is 20.2. The molecule has 3 aromatic heterocycles. The molecule has 0 amide bonds. The molecule has 0 aliphatic heterocycles. The molecule has 3 nitrogen and oxygen atoms in total. The van der Waals surface area contributed by atoms with Crippen molar-refractivity contribution in [2.75, 3.05) is 0 Å². The summed E-state index contributed by atoms with van der Waals surface area (Å²) in [7, 11) is 6.17. The molecular formula is C75H96Ge3N3+3. The minimum atomic E-state index is -2.43. The van der Waals surface area contributed by atoms with Crippen LogP contribution in [0.5, 0.6) is 0 Å². The van der Waals surface area contributed by atoms with Crippen molar-refractivity contribution in [1.82, 2.24) is 0 Å². The van der Waals surface area contributed by atoms with Crippen molar-refractivity contribution >= 4 is 53.0 Å². The molecule has 81 heavy (non-hydrogen) atoms. The van der Waals surface area contributed by atoms with E-state index in [2.05, 4.69) is 129 Å². The van der Waals surface area contributed by atoms with E-state index < -0.39 is 72.1 Å². The van der Waals surface area contributed by atoms with Crippen LogP contribution in [-0.2, 0) is 27.5 Å². The number of rotatable bonds is 10. The Morgan fingerprint density at radius 2 is 0.728 bits per heavy atom. The van der Waals surface area contributed by atoms with E-state index >= 15 is 0 Å². The van der Waals surface area contributed by atoms with E-state index in [1.807, 2.05) is 170 Å². The van der Waals surface area contributed by atoms with Gasteiger partial charge in [0.1, 0.15) is 0 Å². The Bertz CT molecular complexity index is 4130. The van der Waals surface area contributed by atoms with Crippen LogP contribution < -0.4 is 26.9 Å². The molecule has 0 atom stereocenters. The monoisotopic (exact) mass is 1270 g/mol. The number of aromatic nitrogens is 3. The van der Waals surface area contributed by atoms with Crippen LogP contribution in [0, 0.1) is 53.7 Å². The fourth-order valence-electron chi connectivity index (χ4n) is 10.7. The quantitative estimate of drug-likeness (QED) is 0.0955. The molecule has 0 spiro atoms. The first-order valence-corrected chi connectivity index (χ1v) is 50.4. The molecule has 0 aliphatic carbocycles. The van der Waals surface area contributed by atoms with Crippen LogP contribution in [0.2, 0.25) is 51.8 Å². The maximum atomic E-state index is 9.13. The molecule has 9 aromatic rings. The Hall–Kier alpha value is -5.60. The van der Waals surface area contributed by atoms with Crippen molar-refractivity contribution in [3.63, 3.8) is 0 Å². The summed E-state index contributed by atoms with van der Waals surface area (Å²) in [5, 5.41) is 0. The molecule has 9 rings (SSSR count). The molecule has 0 aliphatic rings. The molecule has 3 heterocycles. The Labute approximate surface area is 514 Å². The molecule has 0 saturated carbocycles. The third-order valence-corrected chi connectivity index (χ3v) is 28.0. The molecule has 6 aromatic carbocycles. The number of nitrogens with zero attached hydrogens (tertiary/aromatic N) is 3. The van der Waals surface area contributed by atoms with Crippen LogP contribution in [-0.4, -0.2) is 39.8 Å². The van der Waals surface area contributed by atoms with Crippen LogP contribution in [0.4, 0.5) is 0 Å². The summed E-state index contributed by atoms with van der Waals surface area (Å²) in [5.41, 5.74) is 16.6. The summed E-state index contributed by atoms with van der Waals surface area (Å²) < 4.78 is 101. The van der Waals surface area contributed by atoms with Gasteiger partial charge in [0.2, 0.25) is 0 Å². The predicted molar refractivity (Wildman–Crippen MR) is 361 cm³/mol. The summed E-state index contributed by atoms with van der Waals surface area (Å²) in [6.45, 7) is 7.42. The van der Waals surface area contributed by atoms with Crippen molar-refractivity contribution in [3.05, 3.63) is 215 Å². The van der Waals surface area contributed by atoms with Gasteiger partial charge in [0.25, 0.3) is 0 Å². The van der Waals surface area contributed by atoms with E-state index in [9.17, 15) is 0 Å². The zero-order chi connectivity index (χ0) is 68.8. The maximum absolute atomic E-state index is 9.13. The number of pyridine rings is 3. The summed E-state index contributed by atoms with van der Waals surface area (Å²) in [4.78, 5) is 0. The topological polar surface area (TPSA) is 11.6 Å². The number of aryl methyl sites for hydroxylation is 10. The first-order valence-electron chi connectivity index (χ1n) is 33.9. The number of hydrogen-bond acceptors (Lipinski definition) is 0. The third kappa shape index (κ3) is 15.5. The minimum absolute atomic E-state index is 0.333. The van der Waals surface area contributed by atoms with Crippen molar-refractivity contribution < 1.29 is 28.8 Å². The summed E-state index contributed by atoms with van der Waals surface area (Å²) in [6, 6.07) is 49.4. The van der Waals surface area contributed by atoms with Crippen LogP contribution in [0.3, 0.4) is 0 Å². The van der Waals surface area contributed by atoms with E-state index in [4.69, 9.17) is 15.1 Å². The molecular weight excluding hydrogens is 1160 g/mol. The Morgan fingerprint density at radius 1 is 0.370 bits per heavy atom. The van der Waals surface area contributed by atoms with Gasteiger partial charge in [0, 0.05) is 0 Å². The number of benzene rings is 6. The second kappa shape index (κ2) is 25.5. The van der Waals surface area contributed by atoms with Crippen molar-refractivity contribution in [2.45, 2.75) is 127 Å². The zero-order valence-corrected chi connectivity index (χ0v) is 58.3. The molecule has 0 unspecified atom stereocenters. The second-order valence-corrected chi connectivity index (χ2v) is 58.0. The van der Waals surface area contributed by atoms with Crippen molar-refractivity contribution in [3.8, 4) is 67.2 Å². The third-order valence-electron chi connectivity index (χ3n) is 15.1. The van der Waals surface area contributed by atoms with Gasteiger partial charge in [-0.1, -0.05) is 0 Å². The van der Waals surface area contributed by atoms with Crippen molar-refractivity contribution in [2.24, 2.45) is 26.6 Å².